The first kappa shape index (κ1) is 15.6. The third kappa shape index (κ3) is 2.93. The zero-order chi connectivity index (χ0) is 17.6. The fraction of sp³-hybridized carbons (Fsp3) is 0.182. The van der Waals surface area contributed by atoms with E-state index in [0.29, 0.717) is 0 Å². The van der Waals surface area contributed by atoms with Crippen LogP contribution in [0, 0.1) is 27.7 Å². The molecule has 0 radical (unpaired) electrons. The van der Waals surface area contributed by atoms with Gasteiger partial charge in [0.15, 0.2) is 0 Å². The van der Waals surface area contributed by atoms with Gasteiger partial charge in [-0.05, 0) is 66.8 Å². The number of hydrogen-bond donors (Lipinski definition) is 0. The Morgan fingerprint density at radius 3 is 1.68 bits per heavy atom. The topological polar surface area (TPSA) is 38.9 Å². The lowest BCUT2D eigenvalue weighted by molar-refractivity contribution is 0.315. The second-order valence-corrected chi connectivity index (χ2v) is 6.91. The molecule has 3 heteroatoms. The highest BCUT2D eigenvalue weighted by atomic mass is 16.6. The molecule has 25 heavy (non-hydrogen) atoms. The van der Waals surface area contributed by atoms with Crippen molar-refractivity contribution in [1.82, 2.24) is 10.3 Å². The minimum Gasteiger partial charge on any atom is -0.243 e. The summed E-state index contributed by atoms with van der Waals surface area (Å²) >= 11 is 0. The second kappa shape index (κ2) is 5.85. The van der Waals surface area contributed by atoms with E-state index in [1.807, 2.05) is 6.07 Å². The molecular weight excluding hydrogens is 308 g/mol. The average molecular weight is 328 g/mol. The van der Waals surface area contributed by atoms with Crippen LogP contribution in [-0.2, 0) is 0 Å². The van der Waals surface area contributed by atoms with Crippen molar-refractivity contribution in [3.63, 3.8) is 0 Å². The van der Waals surface area contributed by atoms with Crippen LogP contribution in [0.15, 0.2) is 53.2 Å². The Hall–Kier alpha value is -2.94. The highest BCUT2D eigenvalue weighted by molar-refractivity contribution is 5.95. The predicted molar refractivity (Wildman–Crippen MR) is 102 cm³/mol. The number of nitrogens with zero attached hydrogens (tertiary/aromatic N) is 2. The molecule has 0 aliphatic carbocycles. The van der Waals surface area contributed by atoms with Crippen molar-refractivity contribution in [3.8, 4) is 22.3 Å². The van der Waals surface area contributed by atoms with Crippen molar-refractivity contribution in [2.24, 2.45) is 0 Å². The lowest BCUT2D eigenvalue weighted by atomic mass is 9.94. The van der Waals surface area contributed by atoms with Crippen LogP contribution in [-0.4, -0.2) is 10.3 Å². The summed E-state index contributed by atoms with van der Waals surface area (Å²) in [5, 5.41) is 8.23. The Morgan fingerprint density at radius 2 is 1.08 bits per heavy atom. The van der Waals surface area contributed by atoms with E-state index in [-0.39, 0.29) is 0 Å². The van der Waals surface area contributed by atoms with Crippen molar-refractivity contribution in [2.45, 2.75) is 27.7 Å². The van der Waals surface area contributed by atoms with E-state index in [1.165, 1.54) is 27.8 Å². The van der Waals surface area contributed by atoms with Gasteiger partial charge in [-0.2, -0.15) is 0 Å². The molecular formula is C22H20N2O. The molecule has 0 bridgehead atoms. The van der Waals surface area contributed by atoms with E-state index in [4.69, 9.17) is 4.63 Å². The first-order valence-electron chi connectivity index (χ1n) is 8.43. The van der Waals surface area contributed by atoms with Crippen LogP contribution >= 0.6 is 0 Å². The smallest absolute Gasteiger partial charge is 0.143 e. The molecule has 4 aromatic rings. The largest absolute Gasteiger partial charge is 0.243 e. The number of hydrogen-bond acceptors (Lipinski definition) is 3. The van der Waals surface area contributed by atoms with Crippen LogP contribution in [0.4, 0.5) is 0 Å². The third-order valence-corrected chi connectivity index (χ3v) is 4.45. The first-order chi connectivity index (χ1) is 12.0. The molecule has 0 amide bonds. The fourth-order valence-corrected chi connectivity index (χ4v) is 3.55. The number of aromatic nitrogens is 2. The molecule has 0 saturated heterocycles. The van der Waals surface area contributed by atoms with E-state index in [0.717, 1.165) is 27.7 Å². The van der Waals surface area contributed by atoms with Crippen molar-refractivity contribution >= 4 is 11.0 Å². The molecule has 3 nitrogen and oxygen atoms in total. The molecule has 0 atom stereocenters. The van der Waals surface area contributed by atoms with Gasteiger partial charge in [-0.1, -0.05) is 58.7 Å². The number of fused-ring (bicyclic) bond motifs is 1. The summed E-state index contributed by atoms with van der Waals surface area (Å²) < 4.78 is 5.03. The normalized spacial score (nSPS) is 11.2. The van der Waals surface area contributed by atoms with Crippen molar-refractivity contribution in [1.29, 1.82) is 0 Å². The van der Waals surface area contributed by atoms with Crippen LogP contribution in [0.5, 0.6) is 0 Å². The third-order valence-electron chi connectivity index (χ3n) is 4.45. The lowest BCUT2D eigenvalue weighted by Crippen LogP contribution is -1.88. The molecule has 1 aromatic heterocycles. The SMILES string of the molecule is Cc1cc(C)cc(-c2cc(-c3cc(C)cc(C)c3)c3nonc3c2)c1. The summed E-state index contributed by atoms with van der Waals surface area (Å²) in [6.45, 7) is 8.47. The summed E-state index contributed by atoms with van der Waals surface area (Å²) in [7, 11) is 0. The average Bonchev–Trinajstić information content (AvgIpc) is 3.00. The lowest BCUT2D eigenvalue weighted by Gasteiger charge is -2.10. The van der Waals surface area contributed by atoms with Gasteiger partial charge < -0.3 is 0 Å². The van der Waals surface area contributed by atoms with E-state index < -0.39 is 0 Å². The Labute approximate surface area is 147 Å². The Bertz CT molecular complexity index is 1050. The Morgan fingerprint density at radius 1 is 0.560 bits per heavy atom. The molecule has 4 rings (SSSR count). The molecule has 1 heterocycles. The Kier molecular flexibility index (Phi) is 3.65. The minimum absolute atomic E-state index is 0.783. The van der Waals surface area contributed by atoms with Gasteiger partial charge in [-0.15, -0.1) is 0 Å². The maximum absolute atomic E-state index is 5.03. The molecule has 0 fully saturated rings. The fourth-order valence-electron chi connectivity index (χ4n) is 3.55. The molecule has 124 valence electrons. The monoisotopic (exact) mass is 328 g/mol. The molecule has 0 unspecified atom stereocenters. The Balaban J connectivity index is 1.99. The van der Waals surface area contributed by atoms with Crippen molar-refractivity contribution in [2.75, 3.05) is 0 Å². The van der Waals surface area contributed by atoms with Crippen LogP contribution in [0.1, 0.15) is 22.3 Å². The van der Waals surface area contributed by atoms with Crippen LogP contribution < -0.4 is 0 Å². The zero-order valence-corrected chi connectivity index (χ0v) is 14.9. The van der Waals surface area contributed by atoms with Gasteiger partial charge >= 0.3 is 0 Å². The van der Waals surface area contributed by atoms with Crippen LogP contribution in [0.3, 0.4) is 0 Å². The number of aryl methyl sites for hydroxylation is 4. The summed E-state index contributed by atoms with van der Waals surface area (Å²) in [5.41, 5.74) is 11.1. The molecule has 0 aliphatic rings. The van der Waals surface area contributed by atoms with E-state index in [2.05, 4.69) is 80.5 Å². The zero-order valence-electron chi connectivity index (χ0n) is 14.9. The molecule has 0 spiro atoms. The summed E-state index contributed by atoms with van der Waals surface area (Å²) in [6, 6.07) is 17.4. The molecule has 0 N–H and O–H groups in total. The second-order valence-electron chi connectivity index (χ2n) is 6.91. The van der Waals surface area contributed by atoms with Crippen molar-refractivity contribution in [3.05, 3.63) is 70.8 Å². The summed E-state index contributed by atoms with van der Waals surface area (Å²) in [4.78, 5) is 0. The van der Waals surface area contributed by atoms with E-state index >= 15 is 0 Å². The maximum atomic E-state index is 5.03. The minimum atomic E-state index is 0.783. The van der Waals surface area contributed by atoms with Crippen LogP contribution in [0.25, 0.3) is 33.3 Å². The molecule has 0 aliphatic heterocycles. The maximum Gasteiger partial charge on any atom is 0.143 e. The predicted octanol–water partition coefficient (Wildman–Crippen LogP) is 5.79. The molecule has 0 saturated carbocycles. The first-order valence-corrected chi connectivity index (χ1v) is 8.43. The summed E-state index contributed by atoms with van der Waals surface area (Å²) in [6.07, 6.45) is 0. The quantitative estimate of drug-likeness (QED) is 0.467. The van der Waals surface area contributed by atoms with Gasteiger partial charge in [0.05, 0.1) is 0 Å². The van der Waals surface area contributed by atoms with Gasteiger partial charge in [0.1, 0.15) is 11.0 Å². The van der Waals surface area contributed by atoms with Crippen LogP contribution in [0.2, 0.25) is 0 Å². The highest BCUT2D eigenvalue weighted by Crippen LogP contribution is 2.34. The standard InChI is InChI=1S/C22H20N2O/c1-13-5-14(2)8-17(7-13)18-11-20(22-21(12-18)23-25-24-22)19-9-15(3)6-16(4)10-19/h5-12H,1-4H3. The van der Waals surface area contributed by atoms with Gasteiger partial charge in [-0.25, -0.2) is 4.63 Å². The van der Waals surface area contributed by atoms with Gasteiger partial charge in [0.25, 0.3) is 0 Å². The van der Waals surface area contributed by atoms with Gasteiger partial charge in [-0.3, -0.25) is 0 Å². The van der Waals surface area contributed by atoms with Gasteiger partial charge in [0.2, 0.25) is 0 Å². The highest BCUT2D eigenvalue weighted by Gasteiger charge is 2.13. The summed E-state index contributed by atoms with van der Waals surface area (Å²) in [5.74, 6) is 0. The number of rotatable bonds is 2. The number of benzene rings is 3. The van der Waals surface area contributed by atoms with E-state index in [9.17, 15) is 0 Å². The van der Waals surface area contributed by atoms with Gasteiger partial charge in [0, 0.05) is 5.56 Å². The molecule has 3 aromatic carbocycles. The van der Waals surface area contributed by atoms with E-state index in [1.54, 1.807) is 0 Å². The van der Waals surface area contributed by atoms with Crippen molar-refractivity contribution < 1.29 is 4.63 Å².